The van der Waals surface area contributed by atoms with Crippen molar-refractivity contribution >= 4 is 5.78 Å². The predicted octanol–water partition coefficient (Wildman–Crippen LogP) is 2.84. The van der Waals surface area contributed by atoms with Crippen molar-refractivity contribution in [3.63, 3.8) is 0 Å². The Labute approximate surface area is 108 Å². The first kappa shape index (κ1) is 11.8. The molecule has 2 bridgehead atoms. The molecule has 2 saturated heterocycles. The fraction of sp³-hybridized carbons (Fsp3) is 0.600. The van der Waals surface area contributed by atoms with Gasteiger partial charge in [-0.2, -0.15) is 0 Å². The molecule has 0 amide bonds. The van der Waals surface area contributed by atoms with E-state index in [2.05, 4.69) is 4.98 Å². The number of nitrogens with zero attached hydrogens (tertiary/aromatic N) is 1. The van der Waals surface area contributed by atoms with Crippen molar-refractivity contribution in [1.82, 2.24) is 4.98 Å². The Morgan fingerprint density at radius 1 is 1.22 bits per heavy atom. The molecule has 0 aliphatic carbocycles. The third kappa shape index (κ3) is 2.07. The van der Waals surface area contributed by atoms with Crippen LogP contribution in [0.2, 0.25) is 0 Å². The van der Waals surface area contributed by atoms with Crippen molar-refractivity contribution in [2.45, 2.75) is 51.7 Å². The van der Waals surface area contributed by atoms with Crippen LogP contribution in [0.3, 0.4) is 0 Å². The summed E-state index contributed by atoms with van der Waals surface area (Å²) in [6, 6.07) is 3.85. The van der Waals surface area contributed by atoms with Gasteiger partial charge in [0.05, 0.1) is 12.2 Å². The van der Waals surface area contributed by atoms with Crippen molar-refractivity contribution in [2.75, 3.05) is 0 Å². The molecule has 1 aromatic heterocycles. The van der Waals surface area contributed by atoms with Gasteiger partial charge in [-0.1, -0.05) is 0 Å². The standard InChI is InChI=1S/C15H19NO2/c1-9-3-6-14(10(2)16-9)15(17)11-7-12-4-5-13(8-11)18-12/h3,6,11-13H,4-5,7-8H2,1-2H3. The molecule has 2 atom stereocenters. The number of aryl methyl sites for hydroxylation is 2. The fourth-order valence-electron chi connectivity index (χ4n) is 3.24. The maximum absolute atomic E-state index is 12.6. The number of carbonyl (C=O) groups excluding carboxylic acids is 1. The SMILES string of the molecule is Cc1ccc(C(=O)C2CC3CCC(C2)O3)c(C)n1. The predicted molar refractivity (Wildman–Crippen MR) is 68.7 cm³/mol. The first-order valence-corrected chi connectivity index (χ1v) is 6.77. The van der Waals surface area contributed by atoms with E-state index in [4.69, 9.17) is 4.74 Å². The van der Waals surface area contributed by atoms with Crippen LogP contribution in [0.1, 0.15) is 47.4 Å². The van der Waals surface area contributed by atoms with Crippen molar-refractivity contribution in [3.8, 4) is 0 Å². The monoisotopic (exact) mass is 245 g/mol. The number of fused-ring (bicyclic) bond motifs is 2. The van der Waals surface area contributed by atoms with Gasteiger partial charge in [-0.3, -0.25) is 9.78 Å². The van der Waals surface area contributed by atoms with E-state index in [-0.39, 0.29) is 11.7 Å². The zero-order chi connectivity index (χ0) is 12.7. The summed E-state index contributed by atoms with van der Waals surface area (Å²) in [4.78, 5) is 16.9. The topological polar surface area (TPSA) is 39.2 Å². The summed E-state index contributed by atoms with van der Waals surface area (Å²) in [6.07, 6.45) is 4.66. The zero-order valence-corrected chi connectivity index (χ0v) is 11.0. The number of rotatable bonds is 2. The smallest absolute Gasteiger partial charge is 0.167 e. The molecule has 0 spiro atoms. The number of hydrogen-bond acceptors (Lipinski definition) is 3. The normalized spacial score (nSPS) is 30.4. The van der Waals surface area contributed by atoms with E-state index >= 15 is 0 Å². The van der Waals surface area contributed by atoms with Crippen molar-refractivity contribution in [1.29, 1.82) is 0 Å². The highest BCUT2D eigenvalue weighted by atomic mass is 16.5. The molecule has 3 heteroatoms. The van der Waals surface area contributed by atoms with Crippen LogP contribution in [0.5, 0.6) is 0 Å². The molecule has 96 valence electrons. The van der Waals surface area contributed by atoms with Crippen molar-refractivity contribution < 1.29 is 9.53 Å². The molecule has 18 heavy (non-hydrogen) atoms. The molecular weight excluding hydrogens is 226 g/mol. The lowest BCUT2D eigenvalue weighted by molar-refractivity contribution is -0.0149. The number of ketones is 1. The van der Waals surface area contributed by atoms with E-state index in [1.807, 2.05) is 26.0 Å². The van der Waals surface area contributed by atoms with Crippen LogP contribution in [0.4, 0.5) is 0 Å². The van der Waals surface area contributed by atoms with Gasteiger partial charge in [0.2, 0.25) is 0 Å². The summed E-state index contributed by atoms with van der Waals surface area (Å²) >= 11 is 0. The van der Waals surface area contributed by atoms with Crippen LogP contribution >= 0.6 is 0 Å². The molecule has 0 N–H and O–H groups in total. The third-order valence-electron chi connectivity index (χ3n) is 4.15. The molecule has 2 aliphatic heterocycles. The number of carbonyl (C=O) groups is 1. The van der Waals surface area contributed by atoms with Crippen LogP contribution in [0, 0.1) is 19.8 Å². The minimum atomic E-state index is 0.138. The maximum atomic E-state index is 12.6. The minimum absolute atomic E-state index is 0.138. The van der Waals surface area contributed by atoms with Crippen LogP contribution in [-0.2, 0) is 4.74 Å². The second-order valence-electron chi connectivity index (χ2n) is 5.58. The largest absolute Gasteiger partial charge is 0.375 e. The van der Waals surface area contributed by atoms with Crippen molar-refractivity contribution in [3.05, 3.63) is 29.1 Å². The fourth-order valence-corrected chi connectivity index (χ4v) is 3.24. The lowest BCUT2D eigenvalue weighted by Gasteiger charge is -2.27. The van der Waals surface area contributed by atoms with E-state index in [9.17, 15) is 4.79 Å². The average molecular weight is 245 g/mol. The van der Waals surface area contributed by atoms with Gasteiger partial charge in [-0.05, 0) is 51.7 Å². The number of ether oxygens (including phenoxy) is 1. The molecular formula is C15H19NO2. The molecule has 0 saturated carbocycles. The van der Waals surface area contributed by atoms with Gasteiger partial charge in [0, 0.05) is 22.9 Å². The van der Waals surface area contributed by atoms with Crippen LogP contribution in [-0.4, -0.2) is 23.0 Å². The van der Waals surface area contributed by atoms with E-state index in [1.165, 1.54) is 0 Å². The second-order valence-corrected chi connectivity index (χ2v) is 5.58. The molecule has 0 aromatic carbocycles. The number of hydrogen-bond donors (Lipinski definition) is 0. The third-order valence-corrected chi connectivity index (χ3v) is 4.15. The Bertz CT molecular complexity index is 471. The summed E-state index contributed by atoms with van der Waals surface area (Å²) in [5.74, 6) is 0.402. The van der Waals surface area contributed by atoms with Gasteiger partial charge < -0.3 is 4.74 Å². The van der Waals surface area contributed by atoms with Gasteiger partial charge in [0.25, 0.3) is 0 Å². The number of aromatic nitrogens is 1. The summed E-state index contributed by atoms with van der Waals surface area (Å²) in [5, 5.41) is 0. The quantitative estimate of drug-likeness (QED) is 0.752. The molecule has 2 fully saturated rings. The average Bonchev–Trinajstić information content (AvgIpc) is 2.67. The van der Waals surface area contributed by atoms with Gasteiger partial charge in [0.1, 0.15) is 0 Å². The molecule has 3 nitrogen and oxygen atoms in total. The van der Waals surface area contributed by atoms with E-state index in [0.29, 0.717) is 12.2 Å². The second kappa shape index (κ2) is 4.47. The van der Waals surface area contributed by atoms with E-state index in [0.717, 1.165) is 42.6 Å². The maximum Gasteiger partial charge on any atom is 0.167 e. The van der Waals surface area contributed by atoms with Crippen LogP contribution < -0.4 is 0 Å². The Morgan fingerprint density at radius 2 is 1.89 bits per heavy atom. The number of pyridine rings is 1. The van der Waals surface area contributed by atoms with Crippen LogP contribution in [0.25, 0.3) is 0 Å². The van der Waals surface area contributed by atoms with Gasteiger partial charge in [-0.25, -0.2) is 0 Å². The molecule has 3 heterocycles. The minimum Gasteiger partial charge on any atom is -0.375 e. The first-order chi connectivity index (χ1) is 8.63. The van der Waals surface area contributed by atoms with Gasteiger partial charge >= 0.3 is 0 Å². The highest BCUT2D eigenvalue weighted by Gasteiger charge is 2.38. The highest BCUT2D eigenvalue weighted by molar-refractivity contribution is 5.98. The molecule has 0 radical (unpaired) electrons. The number of Topliss-reactive ketones (excluding diaryl/α,β-unsaturated/α-hetero) is 1. The molecule has 3 rings (SSSR count). The van der Waals surface area contributed by atoms with Gasteiger partial charge in [0.15, 0.2) is 5.78 Å². The Hall–Kier alpha value is -1.22. The Morgan fingerprint density at radius 3 is 2.50 bits per heavy atom. The Balaban J connectivity index is 1.82. The lowest BCUT2D eigenvalue weighted by atomic mass is 9.87. The molecule has 1 aromatic rings. The summed E-state index contributed by atoms with van der Waals surface area (Å²) in [5.41, 5.74) is 2.63. The highest BCUT2D eigenvalue weighted by Crippen LogP contribution is 2.37. The summed E-state index contributed by atoms with van der Waals surface area (Å²) in [7, 11) is 0. The molecule has 2 unspecified atom stereocenters. The molecule has 2 aliphatic rings. The van der Waals surface area contributed by atoms with Crippen LogP contribution in [0.15, 0.2) is 12.1 Å². The van der Waals surface area contributed by atoms with Gasteiger partial charge in [-0.15, -0.1) is 0 Å². The Kier molecular flexibility index (Phi) is 2.94. The van der Waals surface area contributed by atoms with E-state index in [1.54, 1.807) is 0 Å². The van der Waals surface area contributed by atoms with E-state index < -0.39 is 0 Å². The zero-order valence-electron chi connectivity index (χ0n) is 11.0. The lowest BCUT2D eigenvalue weighted by Crippen LogP contribution is -2.30. The van der Waals surface area contributed by atoms with Crippen molar-refractivity contribution in [2.24, 2.45) is 5.92 Å². The summed E-state index contributed by atoms with van der Waals surface area (Å²) in [6.45, 7) is 3.88. The first-order valence-electron chi connectivity index (χ1n) is 6.77. The summed E-state index contributed by atoms with van der Waals surface area (Å²) < 4.78 is 5.80.